The first-order valence-electron chi connectivity index (χ1n) is 10.1. The zero-order chi connectivity index (χ0) is 18.1. The molecule has 0 radical (unpaired) electrons. The molecule has 0 spiro atoms. The second-order valence-corrected chi connectivity index (χ2v) is 7.79. The van der Waals surface area contributed by atoms with E-state index in [0.717, 1.165) is 13.0 Å². The van der Waals surface area contributed by atoms with Crippen molar-refractivity contribution >= 4 is 21.7 Å². The van der Waals surface area contributed by atoms with Crippen LogP contribution in [0.4, 0.5) is 0 Å². The van der Waals surface area contributed by atoms with Crippen LogP contribution in [0.5, 0.6) is 0 Å². The minimum atomic E-state index is 0.690. The highest BCUT2D eigenvalue weighted by Gasteiger charge is 2.22. The number of nitrogens with zero attached hydrogens (tertiary/aromatic N) is 1. The summed E-state index contributed by atoms with van der Waals surface area (Å²) in [4.78, 5) is 6.09. The lowest BCUT2D eigenvalue weighted by Crippen LogP contribution is -2.34. The average molecular weight is 354 g/mol. The average Bonchev–Trinajstić information content (AvgIpc) is 3.17. The Morgan fingerprint density at radius 1 is 0.815 bits per heavy atom. The Morgan fingerprint density at radius 3 is 2.44 bits per heavy atom. The number of H-pyrrole nitrogens is 1. The second-order valence-electron chi connectivity index (χ2n) is 7.79. The van der Waals surface area contributed by atoms with E-state index in [2.05, 4.69) is 82.8 Å². The van der Waals surface area contributed by atoms with Crippen LogP contribution in [0.25, 0.3) is 21.7 Å². The van der Waals surface area contributed by atoms with Crippen molar-refractivity contribution < 1.29 is 0 Å². The number of aromatic amines is 1. The van der Waals surface area contributed by atoms with Crippen molar-refractivity contribution in [1.82, 2.24) is 9.88 Å². The molecule has 0 aliphatic carbocycles. The van der Waals surface area contributed by atoms with E-state index in [1.807, 2.05) is 0 Å². The molecule has 0 saturated carbocycles. The molecule has 1 fully saturated rings. The Kier molecular flexibility index (Phi) is 4.43. The number of para-hydroxylation sites is 1. The Hall–Kier alpha value is -2.58. The van der Waals surface area contributed by atoms with Gasteiger partial charge in [-0.15, -0.1) is 0 Å². The van der Waals surface area contributed by atoms with Crippen LogP contribution >= 0.6 is 0 Å². The number of nitrogens with one attached hydrogen (secondary N) is 1. The number of fused-ring (bicyclic) bond motifs is 2. The molecule has 0 atom stereocenters. The van der Waals surface area contributed by atoms with E-state index in [1.165, 1.54) is 58.7 Å². The maximum absolute atomic E-state index is 3.45. The normalized spacial score (nSPS) is 16.3. The Bertz CT molecular complexity index is 1050. The number of hydrogen-bond donors (Lipinski definition) is 1. The minimum Gasteiger partial charge on any atom is -0.361 e. The molecule has 1 aromatic heterocycles. The summed E-state index contributed by atoms with van der Waals surface area (Å²) in [6, 6.07) is 24.1. The standard InChI is InChI=1S/C25H26N2/c1-2-9-22-19(6-1)7-5-8-20(22)12-15-27-16-13-21(14-17-27)24-18-26-25-11-4-3-10-23(24)25/h1-11,18,21,26H,12-17H2. The van der Waals surface area contributed by atoms with E-state index in [4.69, 9.17) is 0 Å². The first-order valence-corrected chi connectivity index (χ1v) is 10.1. The lowest BCUT2D eigenvalue weighted by atomic mass is 9.89. The van der Waals surface area contributed by atoms with Gasteiger partial charge in [-0.3, -0.25) is 0 Å². The fraction of sp³-hybridized carbons (Fsp3) is 0.280. The molecule has 1 aliphatic rings. The molecule has 27 heavy (non-hydrogen) atoms. The number of benzene rings is 3. The van der Waals surface area contributed by atoms with Gasteiger partial charge in [-0.2, -0.15) is 0 Å². The fourth-order valence-electron chi connectivity index (χ4n) is 4.69. The van der Waals surface area contributed by atoms with E-state index in [1.54, 1.807) is 0 Å². The molecular weight excluding hydrogens is 328 g/mol. The largest absolute Gasteiger partial charge is 0.361 e. The first kappa shape index (κ1) is 16.6. The molecule has 1 saturated heterocycles. The Morgan fingerprint density at radius 2 is 1.56 bits per heavy atom. The number of rotatable bonds is 4. The van der Waals surface area contributed by atoms with Gasteiger partial charge in [-0.25, -0.2) is 0 Å². The van der Waals surface area contributed by atoms with Crippen molar-refractivity contribution in [2.75, 3.05) is 19.6 Å². The van der Waals surface area contributed by atoms with E-state index in [-0.39, 0.29) is 0 Å². The van der Waals surface area contributed by atoms with Gasteiger partial charge in [-0.1, -0.05) is 60.7 Å². The molecule has 2 heterocycles. The lowest BCUT2D eigenvalue weighted by Gasteiger charge is -2.32. The molecule has 136 valence electrons. The summed E-state index contributed by atoms with van der Waals surface area (Å²) in [5, 5.41) is 4.17. The predicted molar refractivity (Wildman–Crippen MR) is 114 cm³/mol. The van der Waals surface area contributed by atoms with Crippen molar-refractivity contribution in [2.45, 2.75) is 25.2 Å². The van der Waals surface area contributed by atoms with Gasteiger partial charge in [0.05, 0.1) is 0 Å². The van der Waals surface area contributed by atoms with Gasteiger partial charge in [0.15, 0.2) is 0 Å². The molecule has 1 aliphatic heterocycles. The van der Waals surface area contributed by atoms with Crippen molar-refractivity contribution in [3.63, 3.8) is 0 Å². The smallest absolute Gasteiger partial charge is 0.0456 e. The van der Waals surface area contributed by atoms with Crippen LogP contribution in [0.15, 0.2) is 72.9 Å². The molecule has 0 amide bonds. The molecule has 4 aromatic rings. The zero-order valence-corrected chi connectivity index (χ0v) is 15.7. The lowest BCUT2D eigenvalue weighted by molar-refractivity contribution is 0.215. The summed E-state index contributed by atoms with van der Waals surface area (Å²) >= 11 is 0. The van der Waals surface area contributed by atoms with Gasteiger partial charge < -0.3 is 9.88 Å². The summed E-state index contributed by atoms with van der Waals surface area (Å²) < 4.78 is 0. The van der Waals surface area contributed by atoms with Gasteiger partial charge in [0.25, 0.3) is 0 Å². The highest BCUT2D eigenvalue weighted by molar-refractivity contribution is 5.85. The van der Waals surface area contributed by atoms with E-state index < -0.39 is 0 Å². The summed E-state index contributed by atoms with van der Waals surface area (Å²) in [7, 11) is 0. The van der Waals surface area contributed by atoms with Crippen LogP contribution in [-0.4, -0.2) is 29.5 Å². The molecule has 3 aromatic carbocycles. The van der Waals surface area contributed by atoms with Gasteiger partial charge in [-0.05, 0) is 66.2 Å². The van der Waals surface area contributed by atoms with Gasteiger partial charge >= 0.3 is 0 Å². The van der Waals surface area contributed by atoms with Gasteiger partial charge in [0.1, 0.15) is 0 Å². The van der Waals surface area contributed by atoms with Gasteiger partial charge in [0.2, 0.25) is 0 Å². The highest BCUT2D eigenvalue weighted by atomic mass is 15.1. The second kappa shape index (κ2) is 7.21. The van der Waals surface area contributed by atoms with Crippen LogP contribution in [0, 0.1) is 0 Å². The van der Waals surface area contributed by atoms with E-state index in [9.17, 15) is 0 Å². The fourth-order valence-corrected chi connectivity index (χ4v) is 4.69. The van der Waals surface area contributed by atoms with Crippen molar-refractivity contribution in [1.29, 1.82) is 0 Å². The Labute approximate surface area is 160 Å². The van der Waals surface area contributed by atoms with E-state index >= 15 is 0 Å². The summed E-state index contributed by atoms with van der Waals surface area (Å²) in [6.45, 7) is 3.57. The van der Waals surface area contributed by atoms with Crippen LogP contribution in [-0.2, 0) is 6.42 Å². The zero-order valence-electron chi connectivity index (χ0n) is 15.7. The summed E-state index contributed by atoms with van der Waals surface area (Å²) in [5.74, 6) is 0.690. The SMILES string of the molecule is c1ccc2c(CCN3CCC(c4c[nH]c5ccccc45)CC3)cccc2c1. The minimum absolute atomic E-state index is 0.690. The predicted octanol–water partition coefficient (Wildman–Crippen LogP) is 5.74. The van der Waals surface area contributed by atoms with Crippen LogP contribution in [0.2, 0.25) is 0 Å². The first-order chi connectivity index (χ1) is 13.4. The maximum atomic E-state index is 3.45. The monoisotopic (exact) mass is 354 g/mol. The molecule has 2 nitrogen and oxygen atoms in total. The number of piperidine rings is 1. The number of hydrogen-bond acceptors (Lipinski definition) is 1. The van der Waals surface area contributed by atoms with Crippen LogP contribution in [0.3, 0.4) is 0 Å². The molecular formula is C25H26N2. The number of likely N-dealkylation sites (tertiary alicyclic amines) is 1. The third kappa shape index (κ3) is 3.26. The third-order valence-electron chi connectivity index (χ3n) is 6.23. The Balaban J connectivity index is 1.23. The maximum Gasteiger partial charge on any atom is 0.0456 e. The van der Waals surface area contributed by atoms with Crippen molar-refractivity contribution in [3.05, 3.63) is 84.1 Å². The van der Waals surface area contributed by atoms with Gasteiger partial charge in [0, 0.05) is 23.6 Å². The van der Waals surface area contributed by atoms with E-state index in [0.29, 0.717) is 5.92 Å². The summed E-state index contributed by atoms with van der Waals surface area (Å²) in [6.07, 6.45) is 5.90. The van der Waals surface area contributed by atoms with Crippen LogP contribution in [0.1, 0.15) is 29.9 Å². The van der Waals surface area contributed by atoms with Crippen molar-refractivity contribution in [3.8, 4) is 0 Å². The third-order valence-corrected chi connectivity index (χ3v) is 6.23. The molecule has 0 bridgehead atoms. The quantitative estimate of drug-likeness (QED) is 0.495. The number of aromatic nitrogens is 1. The van der Waals surface area contributed by atoms with Crippen LogP contribution < -0.4 is 0 Å². The highest BCUT2D eigenvalue weighted by Crippen LogP contribution is 2.33. The molecule has 5 rings (SSSR count). The summed E-state index contributed by atoms with van der Waals surface area (Å²) in [5.41, 5.74) is 4.26. The molecule has 1 N–H and O–H groups in total. The van der Waals surface area contributed by atoms with Crippen molar-refractivity contribution in [2.24, 2.45) is 0 Å². The molecule has 2 heteroatoms. The molecule has 0 unspecified atom stereocenters. The topological polar surface area (TPSA) is 19.0 Å².